The number of aliphatic hydroxyl groups is 1. The monoisotopic (exact) mass is 464 g/mol. The Morgan fingerprint density at radius 2 is 1.94 bits per heavy atom. The van der Waals surface area contributed by atoms with Gasteiger partial charge in [-0.25, -0.2) is 13.9 Å². The van der Waals surface area contributed by atoms with E-state index >= 15 is 4.39 Å². The van der Waals surface area contributed by atoms with Crippen molar-refractivity contribution in [2.45, 2.75) is 89.4 Å². The number of carbonyl (C=O) groups excluding carboxylic acids is 1. The number of nitriles is 2. The van der Waals surface area contributed by atoms with Gasteiger partial charge in [0.25, 0.3) is 0 Å². The average molecular weight is 465 g/mol. The van der Waals surface area contributed by atoms with Crippen molar-refractivity contribution in [2.24, 2.45) is 35.0 Å². The zero-order valence-corrected chi connectivity index (χ0v) is 20.1. The number of rotatable bonds is 3. The summed E-state index contributed by atoms with van der Waals surface area (Å²) in [6.07, 6.45) is 6.89. The van der Waals surface area contributed by atoms with E-state index in [1.165, 1.54) is 10.7 Å². The van der Waals surface area contributed by atoms with Crippen LogP contribution in [0.1, 0.15) is 83.0 Å². The Labute approximate surface area is 200 Å². The molecule has 4 fully saturated rings. The summed E-state index contributed by atoms with van der Waals surface area (Å²) in [4.78, 5) is 12.1. The molecule has 4 aliphatic rings. The van der Waals surface area contributed by atoms with Crippen LogP contribution in [0.25, 0.3) is 0 Å². The summed E-state index contributed by atoms with van der Waals surface area (Å²) in [5.74, 6) is 2.86. The number of hydrogen-bond donors (Lipinski definition) is 1. The van der Waals surface area contributed by atoms with Crippen LogP contribution in [0.3, 0.4) is 0 Å². The molecule has 0 bridgehead atoms. The van der Waals surface area contributed by atoms with Gasteiger partial charge in [-0.1, -0.05) is 6.92 Å². The van der Waals surface area contributed by atoms with E-state index in [1.807, 2.05) is 13.0 Å². The lowest BCUT2D eigenvalue weighted by molar-refractivity contribution is -0.163. The van der Waals surface area contributed by atoms with Crippen molar-refractivity contribution in [3.05, 3.63) is 23.0 Å². The maximum Gasteiger partial charge on any atom is 0.163 e. The van der Waals surface area contributed by atoms with Gasteiger partial charge in [-0.3, -0.25) is 0 Å². The molecule has 1 aromatic rings. The van der Waals surface area contributed by atoms with Crippen LogP contribution in [0, 0.1) is 57.7 Å². The lowest BCUT2D eigenvalue weighted by Gasteiger charge is -2.59. The molecule has 0 spiro atoms. The Balaban J connectivity index is 1.38. The third-order valence-electron chi connectivity index (χ3n) is 10.2. The van der Waals surface area contributed by atoms with Crippen molar-refractivity contribution in [1.29, 1.82) is 10.5 Å². The number of allylic oxidation sites excluding steroid dienone is 1. The van der Waals surface area contributed by atoms with Gasteiger partial charge in [0.15, 0.2) is 5.69 Å². The van der Waals surface area contributed by atoms with Crippen molar-refractivity contribution < 1.29 is 14.3 Å². The quantitative estimate of drug-likeness (QED) is 0.664. The number of halogens is 1. The standard InChI is InChI=1S/C27H33FN4O2/c1-25(34)9-10-27(28)18(12-25)3-4-21-23-6-5-22(26(23,2)8-7-24(21)27)17(16-33)15-32-20(14-30)11-19(13-29)31-32/h11,18,21-24,34H,3-10,12,15H2,1-2H3/t18-,21+,22-,23+,24+,25-,26-,27-/m1/s1. The van der Waals surface area contributed by atoms with Crippen LogP contribution in [-0.2, 0) is 11.3 Å². The maximum atomic E-state index is 16.6. The minimum Gasteiger partial charge on any atom is -0.390 e. The summed E-state index contributed by atoms with van der Waals surface area (Å²) in [5, 5.41) is 33.3. The summed E-state index contributed by atoms with van der Waals surface area (Å²) >= 11 is 0. The van der Waals surface area contributed by atoms with E-state index in [9.17, 15) is 15.2 Å². The number of aromatic nitrogens is 2. The molecule has 1 aromatic heterocycles. The molecule has 1 N–H and O–H groups in total. The van der Waals surface area contributed by atoms with Gasteiger partial charge in [-0.15, -0.1) is 0 Å². The predicted molar refractivity (Wildman–Crippen MR) is 122 cm³/mol. The van der Waals surface area contributed by atoms with Gasteiger partial charge in [0.2, 0.25) is 0 Å². The molecule has 0 radical (unpaired) electrons. The van der Waals surface area contributed by atoms with Gasteiger partial charge in [-0.05, 0) is 99.7 Å². The molecule has 4 saturated carbocycles. The zero-order valence-electron chi connectivity index (χ0n) is 20.1. The Bertz CT molecular complexity index is 1120. The first-order valence-electron chi connectivity index (χ1n) is 12.7. The topological polar surface area (TPSA) is 103 Å². The first kappa shape index (κ1) is 23.3. The second-order valence-corrected chi connectivity index (χ2v) is 11.9. The van der Waals surface area contributed by atoms with E-state index < -0.39 is 11.3 Å². The van der Waals surface area contributed by atoms with Gasteiger partial charge in [0, 0.05) is 11.6 Å². The second kappa shape index (κ2) is 8.04. The number of fused-ring (bicyclic) bond motifs is 5. The molecule has 4 aliphatic carbocycles. The molecular weight excluding hydrogens is 431 g/mol. The molecule has 0 amide bonds. The first-order chi connectivity index (χ1) is 16.1. The van der Waals surface area contributed by atoms with E-state index in [1.54, 1.807) is 0 Å². The minimum absolute atomic E-state index is 0.0256. The molecule has 6 nitrogen and oxygen atoms in total. The Morgan fingerprint density at radius 1 is 1.15 bits per heavy atom. The summed E-state index contributed by atoms with van der Waals surface area (Å²) in [5.41, 5.74) is -1.01. The Hall–Kier alpha value is -2.47. The third kappa shape index (κ3) is 3.44. The first-order valence-corrected chi connectivity index (χ1v) is 12.7. The molecule has 0 aromatic carbocycles. The molecule has 5 rings (SSSR count). The van der Waals surface area contributed by atoms with Crippen LogP contribution in [-0.4, -0.2) is 32.1 Å². The van der Waals surface area contributed by atoms with E-state index in [0.29, 0.717) is 36.7 Å². The maximum absolute atomic E-state index is 16.6. The number of alkyl halides is 1. The number of hydrogen-bond acceptors (Lipinski definition) is 5. The van der Waals surface area contributed by atoms with Crippen LogP contribution in [0.2, 0.25) is 0 Å². The van der Waals surface area contributed by atoms with E-state index in [4.69, 9.17) is 5.26 Å². The highest BCUT2D eigenvalue weighted by Crippen LogP contribution is 2.67. The summed E-state index contributed by atoms with van der Waals surface area (Å²) in [7, 11) is 0. The smallest absolute Gasteiger partial charge is 0.163 e. The van der Waals surface area contributed by atoms with Gasteiger partial charge in [0.1, 0.15) is 29.4 Å². The predicted octanol–water partition coefficient (Wildman–Crippen LogP) is 4.50. The van der Waals surface area contributed by atoms with Crippen LogP contribution in [0.15, 0.2) is 11.6 Å². The summed E-state index contributed by atoms with van der Waals surface area (Å²) < 4.78 is 18.0. The average Bonchev–Trinajstić information content (AvgIpc) is 3.37. The zero-order chi connectivity index (χ0) is 24.3. The molecule has 0 aliphatic heterocycles. The van der Waals surface area contributed by atoms with Crippen molar-refractivity contribution in [3.8, 4) is 12.1 Å². The van der Waals surface area contributed by atoms with E-state index in [2.05, 4.69) is 24.0 Å². The van der Waals surface area contributed by atoms with Crippen LogP contribution in [0.5, 0.6) is 0 Å². The summed E-state index contributed by atoms with van der Waals surface area (Å²) in [6, 6.07) is 5.45. The molecule has 0 saturated heterocycles. The highest BCUT2D eigenvalue weighted by molar-refractivity contribution is 5.54. The largest absolute Gasteiger partial charge is 0.390 e. The fourth-order valence-corrected chi connectivity index (χ4v) is 8.61. The van der Waals surface area contributed by atoms with E-state index in [0.717, 1.165) is 38.5 Å². The highest BCUT2D eigenvalue weighted by atomic mass is 19.1. The van der Waals surface area contributed by atoms with E-state index in [-0.39, 0.29) is 41.1 Å². The van der Waals surface area contributed by atoms with Crippen LogP contribution in [0.4, 0.5) is 4.39 Å². The molecule has 1 heterocycles. The Kier molecular flexibility index (Phi) is 5.51. The minimum atomic E-state index is -1.18. The van der Waals surface area contributed by atoms with Crippen molar-refractivity contribution in [1.82, 2.24) is 9.78 Å². The normalized spacial score (nSPS) is 42.9. The van der Waals surface area contributed by atoms with Gasteiger partial charge < -0.3 is 5.11 Å². The number of nitrogens with zero attached hydrogens (tertiary/aromatic N) is 4. The fourth-order valence-electron chi connectivity index (χ4n) is 8.61. The fraction of sp³-hybridized carbons (Fsp3) is 0.741. The molecule has 8 atom stereocenters. The lowest BCUT2D eigenvalue weighted by atomic mass is 9.47. The lowest BCUT2D eigenvalue weighted by Crippen LogP contribution is -2.58. The molecule has 0 unspecified atom stereocenters. The highest BCUT2D eigenvalue weighted by Gasteiger charge is 2.63. The molecule has 34 heavy (non-hydrogen) atoms. The Morgan fingerprint density at radius 3 is 2.65 bits per heavy atom. The van der Waals surface area contributed by atoms with Gasteiger partial charge in [0.05, 0.1) is 12.1 Å². The van der Waals surface area contributed by atoms with Gasteiger partial charge >= 0.3 is 0 Å². The molecular formula is C27H33FN4O2. The summed E-state index contributed by atoms with van der Waals surface area (Å²) in [6.45, 7) is 4.28. The van der Waals surface area contributed by atoms with Gasteiger partial charge in [-0.2, -0.15) is 15.6 Å². The van der Waals surface area contributed by atoms with Crippen molar-refractivity contribution in [2.75, 3.05) is 0 Å². The van der Waals surface area contributed by atoms with Crippen LogP contribution >= 0.6 is 0 Å². The molecule has 180 valence electrons. The van der Waals surface area contributed by atoms with Crippen molar-refractivity contribution >= 4 is 5.94 Å². The molecule has 7 heteroatoms. The van der Waals surface area contributed by atoms with Crippen LogP contribution < -0.4 is 0 Å². The van der Waals surface area contributed by atoms with Crippen molar-refractivity contribution in [3.63, 3.8) is 0 Å². The third-order valence-corrected chi connectivity index (χ3v) is 10.2. The SMILES string of the molecule is C[C@@]1(O)CC[C@@]2(F)[C@H](CC[C@H]3[C@@H]4CC[C@H](C(=C=O)Cn5nc(C#N)cc5C#N)[C@@]4(C)CC[C@@H]32)C1. The second-order valence-electron chi connectivity index (χ2n) is 11.9.